The zero-order valence-electron chi connectivity index (χ0n) is 27.8. The Labute approximate surface area is 320 Å². The molecule has 10 N–H and O–H groups in total. The van der Waals surface area contributed by atoms with E-state index in [9.17, 15) is 72.3 Å². The van der Waals surface area contributed by atoms with E-state index in [2.05, 4.69) is 20.5 Å². The molecule has 0 aliphatic carbocycles. The average Bonchev–Trinajstić information content (AvgIpc) is 3.09. The molecule has 0 aliphatic rings. The van der Waals surface area contributed by atoms with E-state index in [1.807, 2.05) is 0 Å². The summed E-state index contributed by atoms with van der Waals surface area (Å²) >= 11 is 0. The molecule has 0 aromatic heterocycles. The number of anilines is 1. The Morgan fingerprint density at radius 3 is 1.46 bits per heavy atom. The number of nitrogen functional groups attached to an aromatic ring is 1. The number of hydrogen-bond acceptors (Lipinski definition) is 17. The van der Waals surface area contributed by atoms with Crippen LogP contribution in [0.4, 0.5) is 28.4 Å². The molecule has 0 saturated carbocycles. The quantitative estimate of drug-likeness (QED) is 0.0465. The standard InChI is InChI=1S/C32H23N5O16S4/c33-29-26(56(48,49)50)13-25(55(45,46)47)19-5-8-22(31(40)28(19)29)36-34-20-6-1-14(10-23(20)38)15-2-7-21(24(39)11-15)35-37-30-18-4-3-17(54(42,43)44)9-16(18)12-27(32(30)41)57(51,52)53/h1-13,38-41H,33H2,(H,42,43,44)(H,45,46,47)(H,48,49,50)(H,51,52,53). The summed E-state index contributed by atoms with van der Waals surface area (Å²) in [7, 11) is -20.1. The van der Waals surface area contributed by atoms with E-state index in [1.165, 1.54) is 36.4 Å². The van der Waals surface area contributed by atoms with Gasteiger partial charge in [0.05, 0.1) is 16.0 Å². The Bertz CT molecular complexity index is 3250. The van der Waals surface area contributed by atoms with Crippen LogP contribution in [0.2, 0.25) is 0 Å². The molecule has 0 unspecified atom stereocenters. The first kappa shape index (κ1) is 40.3. The van der Waals surface area contributed by atoms with E-state index in [0.717, 1.165) is 36.4 Å². The molecule has 0 atom stereocenters. The van der Waals surface area contributed by atoms with Crippen molar-refractivity contribution in [2.75, 3.05) is 5.73 Å². The highest BCUT2D eigenvalue weighted by molar-refractivity contribution is 7.87. The van der Waals surface area contributed by atoms with E-state index in [-0.39, 0.29) is 27.7 Å². The highest BCUT2D eigenvalue weighted by Gasteiger charge is 2.27. The van der Waals surface area contributed by atoms with Gasteiger partial charge >= 0.3 is 0 Å². The SMILES string of the molecule is Nc1c(S(=O)(=O)O)cc(S(=O)(=O)O)c2ccc(N=Nc3ccc(-c4ccc(N=Nc5c(O)c(S(=O)(=O)O)cc6cc(S(=O)(=O)O)ccc56)c(O)c4)cc3O)c(O)c12. The fourth-order valence-electron chi connectivity index (χ4n) is 5.54. The zero-order valence-corrected chi connectivity index (χ0v) is 31.1. The van der Waals surface area contributed by atoms with Crippen LogP contribution in [0.3, 0.4) is 0 Å². The first-order valence-corrected chi connectivity index (χ1v) is 20.9. The Hall–Kier alpha value is -6.32. The van der Waals surface area contributed by atoms with Crippen molar-refractivity contribution in [3.05, 3.63) is 78.9 Å². The van der Waals surface area contributed by atoms with Crippen molar-refractivity contribution in [2.24, 2.45) is 20.5 Å². The van der Waals surface area contributed by atoms with Crippen molar-refractivity contribution < 1.29 is 72.3 Å². The van der Waals surface area contributed by atoms with Gasteiger partial charge in [-0.3, -0.25) is 18.2 Å². The molecule has 0 aliphatic heterocycles. The molecule has 0 amide bonds. The lowest BCUT2D eigenvalue weighted by Gasteiger charge is -2.13. The van der Waals surface area contributed by atoms with Gasteiger partial charge in [0.1, 0.15) is 48.9 Å². The van der Waals surface area contributed by atoms with Gasteiger partial charge in [-0.1, -0.05) is 24.3 Å². The normalized spacial score (nSPS) is 13.0. The number of phenols is 4. The minimum absolute atomic E-state index is 0.0580. The highest BCUT2D eigenvalue weighted by atomic mass is 32.2. The molecule has 0 spiro atoms. The Morgan fingerprint density at radius 1 is 0.456 bits per heavy atom. The minimum Gasteiger partial charge on any atom is -0.506 e. The molecule has 57 heavy (non-hydrogen) atoms. The van der Waals surface area contributed by atoms with Crippen LogP contribution in [0.25, 0.3) is 32.7 Å². The van der Waals surface area contributed by atoms with Gasteiger partial charge in [-0.25, -0.2) is 0 Å². The number of rotatable bonds is 9. The highest BCUT2D eigenvalue weighted by Crippen LogP contribution is 2.45. The molecule has 0 heterocycles. The summed E-state index contributed by atoms with van der Waals surface area (Å²) in [6.45, 7) is 0. The summed E-state index contributed by atoms with van der Waals surface area (Å²) in [5.41, 5.74) is 4.28. The molecule has 6 aromatic rings. The Balaban J connectivity index is 1.32. The maximum Gasteiger partial charge on any atom is 0.298 e. The monoisotopic (exact) mass is 861 g/mol. The van der Waals surface area contributed by atoms with Gasteiger partial charge in [0.25, 0.3) is 40.5 Å². The largest absolute Gasteiger partial charge is 0.506 e. The number of nitrogens with two attached hydrogens (primary N) is 1. The first-order chi connectivity index (χ1) is 26.4. The fraction of sp³-hybridized carbons (Fsp3) is 0. The van der Waals surface area contributed by atoms with Gasteiger partial charge in [-0.05, 0) is 71.1 Å². The number of benzene rings is 6. The summed E-state index contributed by atoms with van der Waals surface area (Å²) in [5.74, 6) is -2.95. The van der Waals surface area contributed by atoms with Crippen LogP contribution < -0.4 is 5.73 Å². The fourth-order valence-corrected chi connectivity index (χ4v) is 8.11. The number of fused-ring (bicyclic) bond motifs is 2. The van der Waals surface area contributed by atoms with Crippen LogP contribution in [0.5, 0.6) is 23.0 Å². The van der Waals surface area contributed by atoms with Gasteiger partial charge in [-0.15, -0.1) is 20.5 Å². The predicted molar refractivity (Wildman–Crippen MR) is 198 cm³/mol. The van der Waals surface area contributed by atoms with Crippen molar-refractivity contribution in [3.63, 3.8) is 0 Å². The van der Waals surface area contributed by atoms with Crippen LogP contribution in [-0.2, 0) is 40.5 Å². The summed E-state index contributed by atoms with van der Waals surface area (Å²) in [5, 5.41) is 57.0. The third-order valence-corrected chi connectivity index (χ3v) is 11.7. The summed E-state index contributed by atoms with van der Waals surface area (Å²) < 4.78 is 133. The molecule has 0 fully saturated rings. The number of phenolic OH excluding ortho intramolecular Hbond substituents is 4. The number of hydrogen-bond donors (Lipinski definition) is 9. The zero-order chi connectivity index (χ0) is 42.0. The van der Waals surface area contributed by atoms with Crippen LogP contribution in [-0.4, -0.2) is 72.3 Å². The van der Waals surface area contributed by atoms with Crippen molar-refractivity contribution in [1.29, 1.82) is 0 Å². The molecule has 0 radical (unpaired) electrons. The molecule has 296 valence electrons. The summed E-state index contributed by atoms with van der Waals surface area (Å²) in [6, 6.07) is 13.9. The number of nitrogens with zero attached hydrogens (tertiary/aromatic N) is 4. The van der Waals surface area contributed by atoms with Crippen molar-refractivity contribution in [3.8, 4) is 34.1 Å². The smallest absolute Gasteiger partial charge is 0.298 e. The van der Waals surface area contributed by atoms with Gasteiger partial charge in [0.15, 0.2) is 11.5 Å². The second kappa shape index (κ2) is 14.0. The van der Waals surface area contributed by atoms with Gasteiger partial charge in [0.2, 0.25) is 0 Å². The van der Waals surface area contributed by atoms with Crippen LogP contribution in [0.1, 0.15) is 0 Å². The molecule has 6 rings (SSSR count). The molecular formula is C32H23N5O16S4. The third kappa shape index (κ3) is 7.89. The van der Waals surface area contributed by atoms with E-state index in [0.29, 0.717) is 11.6 Å². The third-order valence-electron chi connectivity index (χ3n) is 8.18. The van der Waals surface area contributed by atoms with E-state index in [1.54, 1.807) is 0 Å². The summed E-state index contributed by atoms with van der Waals surface area (Å²) in [6.07, 6.45) is 0. The molecule has 0 bridgehead atoms. The first-order valence-electron chi connectivity index (χ1n) is 15.1. The summed E-state index contributed by atoms with van der Waals surface area (Å²) in [4.78, 5) is -3.81. The van der Waals surface area contributed by atoms with E-state index >= 15 is 0 Å². The van der Waals surface area contributed by atoms with E-state index in [4.69, 9.17) is 5.73 Å². The van der Waals surface area contributed by atoms with Crippen LogP contribution in [0, 0.1) is 0 Å². The Kier molecular flexibility index (Phi) is 9.91. The molecular weight excluding hydrogens is 839 g/mol. The minimum atomic E-state index is -5.15. The van der Waals surface area contributed by atoms with Crippen molar-refractivity contribution >= 4 is 90.5 Å². The van der Waals surface area contributed by atoms with Crippen molar-refractivity contribution in [2.45, 2.75) is 19.6 Å². The lowest BCUT2D eigenvalue weighted by atomic mass is 10.0. The molecule has 21 nitrogen and oxygen atoms in total. The van der Waals surface area contributed by atoms with E-state index < -0.39 is 111 Å². The van der Waals surface area contributed by atoms with Crippen LogP contribution in [0.15, 0.2) is 119 Å². The number of aromatic hydroxyl groups is 4. The Morgan fingerprint density at radius 2 is 0.947 bits per heavy atom. The van der Waals surface area contributed by atoms with Crippen molar-refractivity contribution in [1.82, 2.24) is 0 Å². The van der Waals surface area contributed by atoms with Crippen LogP contribution >= 0.6 is 0 Å². The van der Waals surface area contributed by atoms with Gasteiger partial charge in [0, 0.05) is 10.8 Å². The van der Waals surface area contributed by atoms with Gasteiger partial charge in [-0.2, -0.15) is 33.7 Å². The van der Waals surface area contributed by atoms with Gasteiger partial charge < -0.3 is 26.2 Å². The predicted octanol–water partition coefficient (Wildman–Crippen LogP) is 5.88. The second-order valence-electron chi connectivity index (χ2n) is 11.8. The maximum absolute atomic E-state index is 12.0. The molecule has 0 saturated heterocycles. The topological polar surface area (TPSA) is 374 Å². The lowest BCUT2D eigenvalue weighted by molar-refractivity contribution is 0.444. The molecule has 25 heteroatoms. The second-order valence-corrected chi connectivity index (χ2v) is 17.4. The maximum atomic E-state index is 12.0. The number of azo groups is 2. The molecule has 6 aromatic carbocycles. The lowest BCUT2D eigenvalue weighted by Crippen LogP contribution is -2.08. The average molecular weight is 862 g/mol.